The molecule has 0 bridgehead atoms. The Morgan fingerprint density at radius 1 is 0.962 bits per heavy atom. The Labute approximate surface area is 164 Å². The van der Waals surface area contributed by atoms with Crippen molar-refractivity contribution in [1.82, 2.24) is 0 Å². The summed E-state index contributed by atoms with van der Waals surface area (Å²) in [5, 5.41) is 0. The Bertz CT molecular complexity index is 380. The molecule has 156 valence electrons. The van der Waals surface area contributed by atoms with Gasteiger partial charge in [0.2, 0.25) is 0 Å². The van der Waals surface area contributed by atoms with Crippen LogP contribution in [0.4, 0.5) is 0 Å². The molecule has 0 aromatic carbocycles. The van der Waals surface area contributed by atoms with Crippen LogP contribution in [0.25, 0.3) is 0 Å². The molecular weight excluding hydrogens is 320 g/mol. The third kappa shape index (κ3) is 8.91. The fourth-order valence-electron chi connectivity index (χ4n) is 3.61. The van der Waals surface area contributed by atoms with Gasteiger partial charge in [0.1, 0.15) is 5.60 Å². The van der Waals surface area contributed by atoms with E-state index in [2.05, 4.69) is 48.5 Å². The lowest BCUT2D eigenvalue weighted by Gasteiger charge is -2.41. The summed E-state index contributed by atoms with van der Waals surface area (Å²) >= 11 is 0. The van der Waals surface area contributed by atoms with Gasteiger partial charge in [-0.25, -0.2) is 0 Å². The molecule has 0 aromatic rings. The van der Waals surface area contributed by atoms with E-state index in [1.165, 1.54) is 38.5 Å². The highest BCUT2D eigenvalue weighted by Gasteiger charge is 2.41. The average molecular weight is 369 g/mol. The van der Waals surface area contributed by atoms with Gasteiger partial charge < -0.3 is 4.74 Å². The minimum atomic E-state index is -0.374. The molecule has 0 amide bonds. The second-order valence-corrected chi connectivity index (χ2v) is 9.79. The fourth-order valence-corrected chi connectivity index (χ4v) is 3.61. The molecule has 26 heavy (non-hydrogen) atoms. The highest BCUT2D eigenvalue weighted by atomic mass is 16.6. The molecule has 1 fully saturated rings. The SMILES string of the molecule is CCC(C)C.CCC(C)CC(C)(C)C(=O)OC(C)(CC)C1CCCCC1. The minimum absolute atomic E-state index is 0.00211. The summed E-state index contributed by atoms with van der Waals surface area (Å²) < 4.78 is 6.10. The number of rotatable bonds is 8. The second kappa shape index (κ2) is 12.0. The number of ether oxygens (including phenoxy) is 1. The quantitative estimate of drug-likeness (QED) is 0.409. The second-order valence-electron chi connectivity index (χ2n) is 9.79. The van der Waals surface area contributed by atoms with Crippen molar-refractivity contribution in [2.45, 2.75) is 126 Å². The van der Waals surface area contributed by atoms with E-state index < -0.39 is 0 Å². The van der Waals surface area contributed by atoms with Crippen molar-refractivity contribution in [3.8, 4) is 0 Å². The van der Waals surface area contributed by atoms with Gasteiger partial charge in [0.05, 0.1) is 5.41 Å². The van der Waals surface area contributed by atoms with E-state index in [1.807, 2.05) is 13.8 Å². The number of hydrogen-bond donors (Lipinski definition) is 0. The molecule has 1 aliphatic carbocycles. The Hall–Kier alpha value is -0.530. The van der Waals surface area contributed by atoms with Crippen molar-refractivity contribution in [2.75, 3.05) is 0 Å². The third-order valence-corrected chi connectivity index (χ3v) is 6.42. The first-order chi connectivity index (χ1) is 12.0. The molecular formula is C24H48O2. The van der Waals surface area contributed by atoms with E-state index in [9.17, 15) is 4.79 Å². The van der Waals surface area contributed by atoms with Crippen molar-refractivity contribution in [2.24, 2.45) is 23.2 Å². The Kier molecular flexibility index (Phi) is 11.8. The summed E-state index contributed by atoms with van der Waals surface area (Å²) in [6.07, 6.45) is 10.6. The lowest BCUT2D eigenvalue weighted by molar-refractivity contribution is -0.177. The lowest BCUT2D eigenvalue weighted by Crippen LogP contribution is -2.44. The van der Waals surface area contributed by atoms with Gasteiger partial charge in [0, 0.05) is 0 Å². The van der Waals surface area contributed by atoms with Gasteiger partial charge >= 0.3 is 5.97 Å². The molecule has 1 saturated carbocycles. The van der Waals surface area contributed by atoms with Crippen molar-refractivity contribution >= 4 is 5.97 Å². The van der Waals surface area contributed by atoms with Crippen LogP contribution in [-0.2, 0) is 9.53 Å². The maximum absolute atomic E-state index is 12.7. The van der Waals surface area contributed by atoms with Crippen molar-refractivity contribution in [3.63, 3.8) is 0 Å². The van der Waals surface area contributed by atoms with Crippen LogP contribution in [0.3, 0.4) is 0 Å². The van der Waals surface area contributed by atoms with Gasteiger partial charge in [-0.1, -0.05) is 73.6 Å². The number of carbonyl (C=O) groups excluding carboxylic acids is 1. The largest absolute Gasteiger partial charge is 0.459 e. The standard InChI is InChI=1S/C19H36O2.C5H12/c1-7-15(3)14-18(4,5)17(20)21-19(6,8-2)16-12-10-9-11-13-16;1-4-5(2)3/h15-16H,7-14H2,1-6H3;5H,4H2,1-3H3. The fraction of sp³-hybridized carbons (Fsp3) is 0.958. The van der Waals surface area contributed by atoms with Gasteiger partial charge in [0.15, 0.2) is 0 Å². The van der Waals surface area contributed by atoms with Crippen LogP contribution in [0.15, 0.2) is 0 Å². The predicted octanol–water partition coefficient (Wildman–Crippen LogP) is 7.79. The summed E-state index contributed by atoms with van der Waals surface area (Å²) in [5.74, 6) is 1.99. The molecule has 0 heterocycles. The molecule has 0 radical (unpaired) electrons. The van der Waals surface area contributed by atoms with Crippen molar-refractivity contribution in [3.05, 3.63) is 0 Å². The van der Waals surface area contributed by atoms with E-state index in [0.29, 0.717) is 11.8 Å². The maximum atomic E-state index is 12.7. The maximum Gasteiger partial charge on any atom is 0.312 e. The van der Waals surface area contributed by atoms with E-state index >= 15 is 0 Å². The number of hydrogen-bond acceptors (Lipinski definition) is 2. The van der Waals surface area contributed by atoms with Gasteiger partial charge in [-0.05, 0) is 64.2 Å². The van der Waals surface area contributed by atoms with E-state index in [1.54, 1.807) is 0 Å². The van der Waals surface area contributed by atoms with Crippen LogP contribution in [0.2, 0.25) is 0 Å². The average Bonchev–Trinajstić information content (AvgIpc) is 2.62. The molecule has 1 aliphatic rings. The molecule has 0 saturated heterocycles. The number of esters is 1. The first-order valence-corrected chi connectivity index (χ1v) is 11.3. The Morgan fingerprint density at radius 2 is 1.46 bits per heavy atom. The van der Waals surface area contributed by atoms with Gasteiger partial charge in [-0.2, -0.15) is 0 Å². The third-order valence-electron chi connectivity index (χ3n) is 6.42. The van der Waals surface area contributed by atoms with Gasteiger partial charge in [-0.15, -0.1) is 0 Å². The Balaban J connectivity index is 0.00000110. The van der Waals surface area contributed by atoms with Crippen molar-refractivity contribution < 1.29 is 9.53 Å². The monoisotopic (exact) mass is 368 g/mol. The van der Waals surface area contributed by atoms with Gasteiger partial charge in [-0.3, -0.25) is 4.79 Å². The molecule has 2 heteroatoms. The summed E-state index contributed by atoms with van der Waals surface area (Å²) in [4.78, 5) is 12.7. The highest BCUT2D eigenvalue weighted by Crippen LogP contribution is 2.39. The molecule has 2 unspecified atom stereocenters. The van der Waals surface area contributed by atoms with Crippen LogP contribution in [0.5, 0.6) is 0 Å². The highest BCUT2D eigenvalue weighted by molar-refractivity contribution is 5.76. The molecule has 2 nitrogen and oxygen atoms in total. The first kappa shape index (κ1) is 25.5. The lowest BCUT2D eigenvalue weighted by atomic mass is 9.76. The predicted molar refractivity (Wildman–Crippen MR) is 114 cm³/mol. The normalized spacial score (nSPS) is 19.3. The van der Waals surface area contributed by atoms with Crippen molar-refractivity contribution in [1.29, 1.82) is 0 Å². The smallest absolute Gasteiger partial charge is 0.312 e. The zero-order valence-electron chi connectivity index (χ0n) is 19.4. The molecule has 1 rings (SSSR count). The first-order valence-electron chi connectivity index (χ1n) is 11.3. The summed E-state index contributed by atoms with van der Waals surface area (Å²) in [6.45, 7) is 19.4. The van der Waals surface area contributed by atoms with Crippen LogP contribution in [-0.4, -0.2) is 11.6 Å². The van der Waals surface area contributed by atoms with Gasteiger partial charge in [0.25, 0.3) is 0 Å². The topological polar surface area (TPSA) is 26.3 Å². The zero-order chi connectivity index (χ0) is 20.4. The van der Waals surface area contributed by atoms with Crippen LogP contribution >= 0.6 is 0 Å². The van der Waals surface area contributed by atoms with Crippen LogP contribution in [0.1, 0.15) is 120 Å². The molecule has 0 N–H and O–H groups in total. The summed E-state index contributed by atoms with van der Waals surface area (Å²) in [6, 6.07) is 0. The van der Waals surface area contributed by atoms with E-state index in [0.717, 1.165) is 25.2 Å². The molecule has 2 atom stereocenters. The minimum Gasteiger partial charge on any atom is -0.459 e. The molecule has 0 spiro atoms. The number of carbonyl (C=O) groups is 1. The summed E-state index contributed by atoms with van der Waals surface area (Å²) in [5.41, 5.74) is -0.648. The van der Waals surface area contributed by atoms with Crippen LogP contribution in [0, 0.1) is 23.2 Å². The molecule has 0 aliphatic heterocycles. The van der Waals surface area contributed by atoms with Crippen LogP contribution < -0.4 is 0 Å². The van der Waals surface area contributed by atoms with E-state index in [4.69, 9.17) is 4.74 Å². The Morgan fingerprint density at radius 3 is 1.85 bits per heavy atom. The zero-order valence-corrected chi connectivity index (χ0v) is 19.4. The summed E-state index contributed by atoms with van der Waals surface area (Å²) in [7, 11) is 0. The molecule has 0 aromatic heterocycles. The van der Waals surface area contributed by atoms with E-state index in [-0.39, 0.29) is 17.0 Å².